The van der Waals surface area contributed by atoms with Crippen molar-refractivity contribution in [2.75, 3.05) is 7.11 Å². The molecule has 3 nitrogen and oxygen atoms in total. The van der Waals surface area contributed by atoms with Crippen LogP contribution in [0.5, 0.6) is 5.75 Å². The lowest BCUT2D eigenvalue weighted by Gasteiger charge is -2.25. The van der Waals surface area contributed by atoms with Crippen LogP contribution in [0.4, 0.5) is 0 Å². The molecular formula is C14H19BrO3. The van der Waals surface area contributed by atoms with Gasteiger partial charge in [0.2, 0.25) is 0 Å². The smallest absolute Gasteiger partial charge is 0.124 e. The van der Waals surface area contributed by atoms with Crippen molar-refractivity contribution in [3.8, 4) is 5.75 Å². The van der Waals surface area contributed by atoms with Crippen LogP contribution in [0.3, 0.4) is 0 Å². The van der Waals surface area contributed by atoms with Crippen LogP contribution in [0.1, 0.15) is 31.2 Å². The van der Waals surface area contributed by atoms with Crippen molar-refractivity contribution < 1.29 is 14.6 Å². The van der Waals surface area contributed by atoms with E-state index in [0.29, 0.717) is 6.61 Å². The Labute approximate surface area is 116 Å². The Morgan fingerprint density at radius 1 is 1.28 bits per heavy atom. The molecule has 1 N–H and O–H groups in total. The third-order valence-corrected chi connectivity index (χ3v) is 3.85. The van der Waals surface area contributed by atoms with Crippen LogP contribution >= 0.6 is 15.9 Å². The van der Waals surface area contributed by atoms with Crippen LogP contribution in [0.15, 0.2) is 22.7 Å². The van der Waals surface area contributed by atoms with Gasteiger partial charge in [-0.25, -0.2) is 0 Å². The molecule has 1 saturated carbocycles. The van der Waals surface area contributed by atoms with E-state index in [1.807, 2.05) is 18.2 Å². The lowest BCUT2D eigenvalue weighted by atomic mass is 9.95. The molecule has 1 fully saturated rings. The Balaban J connectivity index is 1.91. The number of hydrogen-bond donors (Lipinski definition) is 1. The van der Waals surface area contributed by atoms with Crippen molar-refractivity contribution in [3.05, 3.63) is 28.2 Å². The van der Waals surface area contributed by atoms with Gasteiger partial charge in [0.15, 0.2) is 0 Å². The molecule has 0 saturated heterocycles. The second kappa shape index (κ2) is 6.55. The normalized spacial score (nSPS) is 23.9. The molecule has 0 unspecified atom stereocenters. The molecule has 0 aromatic heterocycles. The molecule has 0 aliphatic heterocycles. The summed E-state index contributed by atoms with van der Waals surface area (Å²) >= 11 is 3.46. The molecule has 1 aromatic rings. The standard InChI is InChI=1S/C14H19BrO3/c1-17-14-7-2-11(15)8-10(14)9-18-13-5-3-12(16)4-6-13/h2,7-8,12-13,16H,3-6,9H2,1H3. The molecule has 1 aliphatic rings. The largest absolute Gasteiger partial charge is 0.496 e. The number of aliphatic hydroxyl groups is 1. The number of aliphatic hydroxyl groups excluding tert-OH is 1. The average Bonchev–Trinajstić information content (AvgIpc) is 2.38. The molecule has 0 amide bonds. The molecule has 0 atom stereocenters. The highest BCUT2D eigenvalue weighted by molar-refractivity contribution is 9.10. The van der Waals surface area contributed by atoms with Gasteiger partial charge in [0.25, 0.3) is 0 Å². The highest BCUT2D eigenvalue weighted by Gasteiger charge is 2.20. The minimum atomic E-state index is -0.134. The first-order valence-corrected chi connectivity index (χ1v) is 7.10. The first-order valence-electron chi connectivity index (χ1n) is 6.31. The zero-order chi connectivity index (χ0) is 13.0. The number of rotatable bonds is 4. The van der Waals surface area contributed by atoms with Gasteiger partial charge < -0.3 is 14.6 Å². The Hall–Kier alpha value is -0.580. The lowest BCUT2D eigenvalue weighted by molar-refractivity contribution is -0.0124. The summed E-state index contributed by atoms with van der Waals surface area (Å²) in [4.78, 5) is 0. The maximum atomic E-state index is 9.45. The van der Waals surface area contributed by atoms with Gasteiger partial charge in [-0.3, -0.25) is 0 Å². The van der Waals surface area contributed by atoms with Gasteiger partial charge >= 0.3 is 0 Å². The van der Waals surface area contributed by atoms with E-state index in [2.05, 4.69) is 15.9 Å². The summed E-state index contributed by atoms with van der Waals surface area (Å²) in [5.74, 6) is 0.856. The number of hydrogen-bond acceptors (Lipinski definition) is 3. The first kappa shape index (κ1) is 13.8. The Bertz CT molecular complexity index is 387. The van der Waals surface area contributed by atoms with E-state index in [-0.39, 0.29) is 12.2 Å². The number of halogens is 1. The van der Waals surface area contributed by atoms with Gasteiger partial charge in [-0.15, -0.1) is 0 Å². The van der Waals surface area contributed by atoms with Crippen LogP contribution in [0, 0.1) is 0 Å². The molecule has 0 bridgehead atoms. The van der Waals surface area contributed by atoms with Gasteiger partial charge in [-0.1, -0.05) is 15.9 Å². The molecule has 2 rings (SSSR count). The third kappa shape index (κ3) is 3.70. The van der Waals surface area contributed by atoms with Gasteiger partial charge in [0.05, 0.1) is 25.9 Å². The average molecular weight is 315 g/mol. The molecule has 4 heteroatoms. The third-order valence-electron chi connectivity index (χ3n) is 3.36. The molecule has 1 aromatic carbocycles. The van der Waals surface area contributed by atoms with Crippen LogP contribution < -0.4 is 4.74 Å². The van der Waals surface area contributed by atoms with E-state index in [1.54, 1.807) is 7.11 Å². The quantitative estimate of drug-likeness (QED) is 0.927. The first-order chi connectivity index (χ1) is 8.69. The lowest BCUT2D eigenvalue weighted by Crippen LogP contribution is -2.24. The zero-order valence-corrected chi connectivity index (χ0v) is 12.1. The maximum Gasteiger partial charge on any atom is 0.124 e. The van der Waals surface area contributed by atoms with Crippen molar-refractivity contribution in [2.45, 2.75) is 44.5 Å². The van der Waals surface area contributed by atoms with E-state index in [4.69, 9.17) is 9.47 Å². The van der Waals surface area contributed by atoms with Gasteiger partial charge in [-0.2, -0.15) is 0 Å². The van der Waals surface area contributed by atoms with Gasteiger partial charge in [0.1, 0.15) is 5.75 Å². The molecule has 0 heterocycles. The molecule has 18 heavy (non-hydrogen) atoms. The summed E-state index contributed by atoms with van der Waals surface area (Å²) in [6, 6.07) is 5.92. The second-order valence-electron chi connectivity index (χ2n) is 4.70. The van der Waals surface area contributed by atoms with E-state index in [1.165, 1.54) is 0 Å². The number of methoxy groups -OCH3 is 1. The van der Waals surface area contributed by atoms with Crippen LogP contribution in [0.25, 0.3) is 0 Å². The topological polar surface area (TPSA) is 38.7 Å². The fraction of sp³-hybridized carbons (Fsp3) is 0.571. The van der Waals surface area contributed by atoms with Crippen molar-refractivity contribution in [1.29, 1.82) is 0 Å². The van der Waals surface area contributed by atoms with Crippen molar-refractivity contribution in [3.63, 3.8) is 0 Å². The number of benzene rings is 1. The minimum absolute atomic E-state index is 0.134. The van der Waals surface area contributed by atoms with E-state index < -0.39 is 0 Å². The molecule has 1 aliphatic carbocycles. The fourth-order valence-electron chi connectivity index (χ4n) is 2.28. The van der Waals surface area contributed by atoms with Crippen LogP contribution in [-0.2, 0) is 11.3 Å². The monoisotopic (exact) mass is 314 g/mol. The predicted octanol–water partition coefficient (Wildman–Crippen LogP) is 3.28. The maximum absolute atomic E-state index is 9.45. The van der Waals surface area contributed by atoms with Gasteiger partial charge in [0, 0.05) is 10.0 Å². The summed E-state index contributed by atoms with van der Waals surface area (Å²) in [5.41, 5.74) is 1.05. The van der Waals surface area contributed by atoms with Crippen molar-refractivity contribution in [2.24, 2.45) is 0 Å². The fourth-order valence-corrected chi connectivity index (χ4v) is 2.69. The number of ether oxygens (including phenoxy) is 2. The molecular weight excluding hydrogens is 296 g/mol. The molecule has 0 spiro atoms. The Morgan fingerprint density at radius 3 is 2.67 bits per heavy atom. The summed E-state index contributed by atoms with van der Waals surface area (Å²) in [6.45, 7) is 0.559. The minimum Gasteiger partial charge on any atom is -0.496 e. The zero-order valence-electron chi connectivity index (χ0n) is 10.6. The van der Waals surface area contributed by atoms with Crippen molar-refractivity contribution in [1.82, 2.24) is 0 Å². The molecule has 100 valence electrons. The predicted molar refractivity (Wildman–Crippen MR) is 73.7 cm³/mol. The highest BCUT2D eigenvalue weighted by atomic mass is 79.9. The van der Waals surface area contributed by atoms with E-state index in [9.17, 15) is 5.11 Å². The highest BCUT2D eigenvalue weighted by Crippen LogP contribution is 2.26. The van der Waals surface area contributed by atoms with E-state index in [0.717, 1.165) is 41.5 Å². The summed E-state index contributed by atoms with van der Waals surface area (Å²) in [5, 5.41) is 9.45. The summed E-state index contributed by atoms with van der Waals surface area (Å²) < 4.78 is 12.2. The Kier molecular flexibility index (Phi) is 5.03. The summed E-state index contributed by atoms with van der Waals surface area (Å²) in [7, 11) is 1.67. The van der Waals surface area contributed by atoms with E-state index >= 15 is 0 Å². The molecule has 0 radical (unpaired) electrons. The summed E-state index contributed by atoms with van der Waals surface area (Å²) in [6.07, 6.45) is 3.71. The SMILES string of the molecule is COc1ccc(Br)cc1COC1CCC(O)CC1. The van der Waals surface area contributed by atoms with Crippen LogP contribution in [0.2, 0.25) is 0 Å². The van der Waals surface area contributed by atoms with Crippen LogP contribution in [-0.4, -0.2) is 24.4 Å². The van der Waals surface area contributed by atoms with Gasteiger partial charge in [-0.05, 0) is 43.9 Å². The van der Waals surface area contributed by atoms with Crippen molar-refractivity contribution >= 4 is 15.9 Å². The second-order valence-corrected chi connectivity index (χ2v) is 5.61. The Morgan fingerprint density at radius 2 is 2.00 bits per heavy atom.